The van der Waals surface area contributed by atoms with Crippen LogP contribution in [0.4, 0.5) is 0 Å². The largest absolute Gasteiger partial charge is 0.333 e. The number of nitriles is 1. The van der Waals surface area contributed by atoms with E-state index in [4.69, 9.17) is 9.78 Å². The molecule has 0 radical (unpaired) electrons. The van der Waals surface area contributed by atoms with Gasteiger partial charge in [-0.15, -0.1) is 11.3 Å². The highest BCUT2D eigenvalue weighted by Gasteiger charge is 2.10. The van der Waals surface area contributed by atoms with Crippen molar-refractivity contribution in [2.45, 2.75) is 0 Å². The first-order valence-electron chi connectivity index (χ1n) is 3.16. The smallest absolute Gasteiger partial charge is 0.269 e. The Hall–Kier alpha value is -1.67. The normalized spacial score (nSPS) is 9.58. The summed E-state index contributed by atoms with van der Waals surface area (Å²) in [5.41, 5.74) is 0.573. The van der Waals surface area contributed by atoms with Gasteiger partial charge in [0.1, 0.15) is 10.9 Å². The molecular formula is C7H3N3OS. The Kier molecular flexibility index (Phi) is 1.61. The molecule has 0 N–H and O–H groups in total. The third-order valence-electron chi connectivity index (χ3n) is 1.34. The molecule has 0 unspecified atom stereocenters. The van der Waals surface area contributed by atoms with Crippen LogP contribution in [-0.4, -0.2) is 10.1 Å². The SMILES string of the molecule is N#Cc1ccsc1-c1ncno1. The first-order valence-corrected chi connectivity index (χ1v) is 4.04. The van der Waals surface area contributed by atoms with Gasteiger partial charge in [-0.05, 0) is 11.4 Å². The van der Waals surface area contributed by atoms with Crippen molar-refractivity contribution in [2.24, 2.45) is 0 Å². The second-order valence-corrected chi connectivity index (χ2v) is 2.94. The molecule has 0 aromatic carbocycles. The van der Waals surface area contributed by atoms with Crippen LogP contribution in [0, 0.1) is 11.3 Å². The maximum absolute atomic E-state index is 8.67. The molecule has 5 heteroatoms. The van der Waals surface area contributed by atoms with E-state index in [9.17, 15) is 0 Å². The average Bonchev–Trinajstić information content (AvgIpc) is 2.74. The summed E-state index contributed by atoms with van der Waals surface area (Å²) in [6.07, 6.45) is 1.32. The Balaban J connectivity index is 2.55. The summed E-state index contributed by atoms with van der Waals surface area (Å²) in [5.74, 6) is 0.404. The third-order valence-corrected chi connectivity index (χ3v) is 2.24. The van der Waals surface area contributed by atoms with E-state index in [-0.39, 0.29) is 0 Å². The van der Waals surface area contributed by atoms with Gasteiger partial charge in [0.05, 0.1) is 5.56 Å². The maximum Gasteiger partial charge on any atom is 0.269 e. The first kappa shape index (κ1) is 7.00. The molecule has 0 fully saturated rings. The zero-order valence-corrected chi connectivity index (χ0v) is 6.71. The molecule has 0 amide bonds. The summed E-state index contributed by atoms with van der Waals surface area (Å²) >= 11 is 1.41. The lowest BCUT2D eigenvalue weighted by Crippen LogP contribution is -1.74. The van der Waals surface area contributed by atoms with E-state index in [0.29, 0.717) is 11.5 Å². The van der Waals surface area contributed by atoms with Crippen molar-refractivity contribution in [1.82, 2.24) is 10.1 Å². The van der Waals surface area contributed by atoms with Gasteiger partial charge in [-0.1, -0.05) is 5.16 Å². The van der Waals surface area contributed by atoms with Gasteiger partial charge < -0.3 is 4.52 Å². The highest BCUT2D eigenvalue weighted by atomic mass is 32.1. The second kappa shape index (κ2) is 2.75. The summed E-state index contributed by atoms with van der Waals surface area (Å²) in [6, 6.07) is 3.77. The minimum absolute atomic E-state index is 0.404. The zero-order chi connectivity index (χ0) is 8.39. The van der Waals surface area contributed by atoms with E-state index in [2.05, 4.69) is 10.1 Å². The predicted molar refractivity (Wildman–Crippen MR) is 42.3 cm³/mol. The molecule has 0 aliphatic heterocycles. The summed E-state index contributed by atoms with van der Waals surface area (Å²) in [7, 11) is 0. The van der Waals surface area contributed by atoms with Gasteiger partial charge in [-0.25, -0.2) is 0 Å². The Labute approximate surface area is 72.1 Å². The van der Waals surface area contributed by atoms with E-state index >= 15 is 0 Å². The summed E-state index contributed by atoms with van der Waals surface area (Å²) in [5, 5.41) is 14.0. The second-order valence-electron chi connectivity index (χ2n) is 2.02. The fourth-order valence-electron chi connectivity index (χ4n) is 0.836. The molecule has 0 saturated carbocycles. The molecule has 0 atom stereocenters. The molecule has 0 bridgehead atoms. The lowest BCUT2D eigenvalue weighted by molar-refractivity contribution is 0.431. The lowest BCUT2D eigenvalue weighted by Gasteiger charge is -1.85. The van der Waals surface area contributed by atoms with Crippen LogP contribution in [0.25, 0.3) is 10.8 Å². The van der Waals surface area contributed by atoms with Crippen molar-refractivity contribution < 1.29 is 4.52 Å². The molecule has 0 saturated heterocycles. The molecule has 12 heavy (non-hydrogen) atoms. The molecule has 0 aliphatic rings. The topological polar surface area (TPSA) is 62.7 Å². The Morgan fingerprint density at radius 2 is 2.50 bits per heavy atom. The van der Waals surface area contributed by atoms with Crippen molar-refractivity contribution in [3.05, 3.63) is 23.3 Å². The Morgan fingerprint density at radius 1 is 1.58 bits per heavy atom. The molecule has 0 spiro atoms. The maximum atomic E-state index is 8.67. The minimum atomic E-state index is 0.404. The van der Waals surface area contributed by atoms with Crippen LogP contribution < -0.4 is 0 Å². The molecule has 0 aliphatic carbocycles. The summed E-state index contributed by atoms with van der Waals surface area (Å²) in [4.78, 5) is 4.58. The predicted octanol–water partition coefficient (Wildman–Crippen LogP) is 1.67. The molecule has 2 rings (SSSR count). The van der Waals surface area contributed by atoms with Crippen LogP contribution in [-0.2, 0) is 0 Å². The Bertz CT molecular complexity index is 412. The Morgan fingerprint density at radius 3 is 3.17 bits per heavy atom. The van der Waals surface area contributed by atoms with Gasteiger partial charge in [0, 0.05) is 0 Å². The van der Waals surface area contributed by atoms with Crippen molar-refractivity contribution in [1.29, 1.82) is 5.26 Å². The van der Waals surface area contributed by atoms with E-state index in [1.807, 2.05) is 11.4 Å². The standard InChI is InChI=1S/C7H3N3OS/c8-3-5-1-2-12-6(5)7-9-4-10-11-7/h1-2,4H. The van der Waals surface area contributed by atoms with E-state index in [1.165, 1.54) is 17.7 Å². The fraction of sp³-hybridized carbons (Fsp3) is 0. The summed E-state index contributed by atoms with van der Waals surface area (Å²) in [6.45, 7) is 0. The fourth-order valence-corrected chi connectivity index (χ4v) is 1.61. The molecular weight excluding hydrogens is 174 g/mol. The van der Waals surface area contributed by atoms with Gasteiger partial charge in [-0.3, -0.25) is 0 Å². The van der Waals surface area contributed by atoms with Crippen LogP contribution in [0.3, 0.4) is 0 Å². The van der Waals surface area contributed by atoms with Gasteiger partial charge >= 0.3 is 0 Å². The van der Waals surface area contributed by atoms with Gasteiger partial charge in [0.2, 0.25) is 0 Å². The first-order chi connectivity index (χ1) is 5.92. The van der Waals surface area contributed by atoms with Crippen LogP contribution in [0.2, 0.25) is 0 Å². The lowest BCUT2D eigenvalue weighted by atomic mass is 10.3. The van der Waals surface area contributed by atoms with E-state index in [1.54, 1.807) is 6.07 Å². The zero-order valence-electron chi connectivity index (χ0n) is 5.89. The van der Waals surface area contributed by atoms with Gasteiger partial charge in [0.15, 0.2) is 6.33 Å². The van der Waals surface area contributed by atoms with E-state index < -0.39 is 0 Å². The quantitative estimate of drug-likeness (QED) is 0.664. The van der Waals surface area contributed by atoms with Crippen LogP contribution in [0.15, 0.2) is 22.3 Å². The molecule has 58 valence electrons. The third kappa shape index (κ3) is 0.984. The van der Waals surface area contributed by atoms with Gasteiger partial charge in [-0.2, -0.15) is 10.2 Å². The number of aromatic nitrogens is 2. The van der Waals surface area contributed by atoms with Crippen LogP contribution in [0.1, 0.15) is 5.56 Å². The molecule has 2 aromatic heterocycles. The molecule has 4 nitrogen and oxygen atoms in total. The number of hydrogen-bond donors (Lipinski definition) is 0. The van der Waals surface area contributed by atoms with Crippen molar-refractivity contribution in [2.75, 3.05) is 0 Å². The monoisotopic (exact) mass is 177 g/mol. The highest BCUT2D eigenvalue weighted by Crippen LogP contribution is 2.26. The van der Waals surface area contributed by atoms with Crippen molar-refractivity contribution in [3.63, 3.8) is 0 Å². The van der Waals surface area contributed by atoms with Gasteiger partial charge in [0.25, 0.3) is 5.89 Å². The molecule has 2 aromatic rings. The average molecular weight is 177 g/mol. The van der Waals surface area contributed by atoms with Crippen molar-refractivity contribution in [3.8, 4) is 16.8 Å². The number of rotatable bonds is 1. The summed E-state index contributed by atoms with van der Waals surface area (Å²) < 4.78 is 4.82. The minimum Gasteiger partial charge on any atom is -0.333 e. The van der Waals surface area contributed by atoms with Crippen molar-refractivity contribution >= 4 is 11.3 Å². The number of nitrogens with zero attached hydrogens (tertiary/aromatic N) is 3. The van der Waals surface area contributed by atoms with Crippen LogP contribution >= 0.6 is 11.3 Å². The molecule has 2 heterocycles. The number of thiophene rings is 1. The van der Waals surface area contributed by atoms with Crippen LogP contribution in [0.5, 0.6) is 0 Å². The van der Waals surface area contributed by atoms with E-state index in [0.717, 1.165) is 4.88 Å². The highest BCUT2D eigenvalue weighted by molar-refractivity contribution is 7.13. The number of hydrogen-bond acceptors (Lipinski definition) is 5.